The van der Waals surface area contributed by atoms with Crippen molar-refractivity contribution in [1.29, 1.82) is 0 Å². The highest BCUT2D eigenvalue weighted by Gasteiger charge is 2.19. The van der Waals surface area contributed by atoms with Crippen molar-refractivity contribution in [3.8, 4) is 0 Å². The van der Waals surface area contributed by atoms with Crippen LogP contribution in [0.2, 0.25) is 0 Å². The van der Waals surface area contributed by atoms with Crippen molar-refractivity contribution in [3.63, 3.8) is 0 Å². The second kappa shape index (κ2) is 5.19. The van der Waals surface area contributed by atoms with E-state index in [-0.39, 0.29) is 11.6 Å². The van der Waals surface area contributed by atoms with Crippen LogP contribution in [0.15, 0.2) is 4.99 Å². The van der Waals surface area contributed by atoms with Gasteiger partial charge in [-0.15, -0.1) is 0 Å². The van der Waals surface area contributed by atoms with E-state index in [0.29, 0.717) is 6.42 Å². The molecule has 78 valence electrons. The molecule has 0 spiro atoms. The number of hydrazine groups is 1. The van der Waals surface area contributed by atoms with Crippen molar-refractivity contribution >= 4 is 5.84 Å². The number of nitrogens with zero attached hydrogens (tertiary/aromatic N) is 1. The van der Waals surface area contributed by atoms with Crippen LogP contribution in [-0.4, -0.2) is 24.6 Å². The summed E-state index contributed by atoms with van der Waals surface area (Å²) in [6, 6.07) is 0.249. The van der Waals surface area contributed by atoms with Gasteiger partial charge in [0.15, 0.2) is 0 Å². The second-order valence-electron chi connectivity index (χ2n) is 3.95. The van der Waals surface area contributed by atoms with Crippen LogP contribution >= 0.6 is 0 Å². The third-order valence-electron chi connectivity index (χ3n) is 1.73. The number of nitrogens with one attached hydrogen (secondary N) is 1. The molecule has 0 fully saturated rings. The predicted molar refractivity (Wildman–Crippen MR) is 55.6 cm³/mol. The van der Waals surface area contributed by atoms with Crippen LogP contribution in [-0.2, 0) is 4.74 Å². The van der Waals surface area contributed by atoms with Gasteiger partial charge in [0, 0.05) is 19.6 Å². The highest BCUT2D eigenvalue weighted by Crippen LogP contribution is 2.13. The number of nitrogens with two attached hydrogens (primary N) is 1. The highest BCUT2D eigenvalue weighted by atomic mass is 16.5. The van der Waals surface area contributed by atoms with Gasteiger partial charge in [0.05, 0.1) is 5.60 Å². The first-order chi connectivity index (χ1) is 5.91. The number of methoxy groups -OCH3 is 1. The predicted octanol–water partition coefficient (Wildman–Crippen LogP) is 1.07. The van der Waals surface area contributed by atoms with Gasteiger partial charge in [-0.2, -0.15) is 0 Å². The fourth-order valence-electron chi connectivity index (χ4n) is 0.921. The summed E-state index contributed by atoms with van der Waals surface area (Å²) in [5.41, 5.74) is 2.37. The lowest BCUT2D eigenvalue weighted by molar-refractivity contribution is 0.0286. The van der Waals surface area contributed by atoms with Crippen LogP contribution in [0.1, 0.15) is 34.1 Å². The lowest BCUT2D eigenvalue weighted by Gasteiger charge is -2.23. The van der Waals surface area contributed by atoms with Crippen LogP contribution < -0.4 is 11.3 Å². The smallest absolute Gasteiger partial charge is 0.113 e. The van der Waals surface area contributed by atoms with E-state index in [2.05, 4.69) is 10.4 Å². The molecule has 4 nitrogen and oxygen atoms in total. The average molecular weight is 187 g/mol. The third-order valence-corrected chi connectivity index (χ3v) is 1.73. The zero-order chi connectivity index (χ0) is 10.5. The first-order valence-electron chi connectivity index (χ1n) is 4.49. The van der Waals surface area contributed by atoms with Gasteiger partial charge >= 0.3 is 0 Å². The topological polar surface area (TPSA) is 59.6 Å². The summed E-state index contributed by atoms with van der Waals surface area (Å²) < 4.78 is 5.28. The summed E-state index contributed by atoms with van der Waals surface area (Å²) in [4.78, 5) is 4.33. The quantitative estimate of drug-likeness (QED) is 0.299. The average Bonchev–Trinajstić information content (AvgIpc) is 2.02. The largest absolute Gasteiger partial charge is 0.378 e. The standard InChI is InChI=1S/C9H21N3O/c1-7(2)11-8(12-10)6-9(3,4)13-5/h7H,6,10H2,1-5H3,(H,11,12). The van der Waals surface area contributed by atoms with E-state index >= 15 is 0 Å². The lowest BCUT2D eigenvalue weighted by atomic mass is 10.0. The second-order valence-corrected chi connectivity index (χ2v) is 3.95. The molecule has 0 radical (unpaired) electrons. The van der Waals surface area contributed by atoms with E-state index in [1.165, 1.54) is 0 Å². The third kappa shape index (κ3) is 5.60. The molecule has 0 bridgehead atoms. The molecular formula is C9H21N3O. The number of hydrogen-bond acceptors (Lipinski definition) is 3. The molecule has 0 rings (SSSR count). The Kier molecular flexibility index (Phi) is 4.95. The SMILES string of the molecule is COC(C)(C)CC(=NC(C)C)NN. The van der Waals surface area contributed by atoms with Gasteiger partial charge in [-0.05, 0) is 27.7 Å². The first kappa shape index (κ1) is 12.4. The Morgan fingerprint density at radius 3 is 2.38 bits per heavy atom. The molecular weight excluding hydrogens is 166 g/mol. The van der Waals surface area contributed by atoms with Gasteiger partial charge in [0.25, 0.3) is 0 Å². The monoisotopic (exact) mass is 187 g/mol. The Morgan fingerprint density at radius 1 is 1.54 bits per heavy atom. The molecule has 0 heterocycles. The lowest BCUT2D eigenvalue weighted by Crippen LogP contribution is -2.38. The van der Waals surface area contributed by atoms with Crippen molar-refractivity contribution in [3.05, 3.63) is 0 Å². The minimum absolute atomic E-state index is 0.222. The number of rotatable bonds is 4. The number of aliphatic imine (C=N–C) groups is 1. The van der Waals surface area contributed by atoms with Crippen molar-refractivity contribution in [1.82, 2.24) is 5.43 Å². The van der Waals surface area contributed by atoms with Crippen molar-refractivity contribution < 1.29 is 4.74 Å². The molecule has 0 saturated heterocycles. The van der Waals surface area contributed by atoms with Crippen LogP contribution in [0, 0.1) is 0 Å². The Labute approximate surface area is 80.5 Å². The number of hydrogen-bond donors (Lipinski definition) is 2. The Bertz CT molecular complexity index is 176. The molecule has 0 aromatic carbocycles. The van der Waals surface area contributed by atoms with Gasteiger partial charge in [-0.25, -0.2) is 5.84 Å². The van der Waals surface area contributed by atoms with Crippen LogP contribution in [0.5, 0.6) is 0 Å². The zero-order valence-electron chi connectivity index (χ0n) is 9.22. The van der Waals surface area contributed by atoms with Crippen LogP contribution in [0.3, 0.4) is 0 Å². The van der Waals surface area contributed by atoms with Crippen molar-refractivity contribution in [2.75, 3.05) is 7.11 Å². The fourth-order valence-corrected chi connectivity index (χ4v) is 0.921. The van der Waals surface area contributed by atoms with E-state index in [1.54, 1.807) is 7.11 Å². The summed E-state index contributed by atoms with van der Waals surface area (Å²) in [5, 5.41) is 0. The Hall–Kier alpha value is -0.610. The molecule has 0 aliphatic heterocycles. The summed E-state index contributed by atoms with van der Waals surface area (Å²) in [7, 11) is 1.68. The number of ether oxygens (including phenoxy) is 1. The zero-order valence-corrected chi connectivity index (χ0v) is 9.22. The molecule has 4 heteroatoms. The van der Waals surface area contributed by atoms with Gasteiger partial charge in [0.2, 0.25) is 0 Å². The fraction of sp³-hybridized carbons (Fsp3) is 0.889. The molecule has 0 saturated carbocycles. The number of amidine groups is 1. The van der Waals surface area contributed by atoms with E-state index < -0.39 is 0 Å². The summed E-state index contributed by atoms with van der Waals surface area (Å²) >= 11 is 0. The molecule has 0 atom stereocenters. The van der Waals surface area contributed by atoms with E-state index in [0.717, 1.165) is 5.84 Å². The maximum atomic E-state index is 5.35. The Balaban J connectivity index is 4.29. The summed E-state index contributed by atoms with van der Waals surface area (Å²) in [6.07, 6.45) is 0.693. The highest BCUT2D eigenvalue weighted by molar-refractivity contribution is 5.82. The molecule has 0 aliphatic rings. The van der Waals surface area contributed by atoms with E-state index in [4.69, 9.17) is 10.6 Å². The normalized spacial score (nSPS) is 13.6. The van der Waals surface area contributed by atoms with Gasteiger partial charge < -0.3 is 10.2 Å². The van der Waals surface area contributed by atoms with Crippen LogP contribution in [0.4, 0.5) is 0 Å². The first-order valence-corrected chi connectivity index (χ1v) is 4.49. The van der Waals surface area contributed by atoms with Crippen molar-refractivity contribution in [2.24, 2.45) is 10.8 Å². The van der Waals surface area contributed by atoms with Gasteiger partial charge in [-0.3, -0.25) is 4.99 Å². The summed E-state index contributed by atoms with van der Waals surface area (Å²) in [6.45, 7) is 8.02. The molecule has 0 aliphatic carbocycles. The van der Waals surface area contributed by atoms with Gasteiger partial charge in [0.1, 0.15) is 5.84 Å². The van der Waals surface area contributed by atoms with E-state index in [1.807, 2.05) is 27.7 Å². The molecule has 0 unspecified atom stereocenters. The van der Waals surface area contributed by atoms with Gasteiger partial charge in [-0.1, -0.05) is 0 Å². The molecule has 13 heavy (non-hydrogen) atoms. The minimum atomic E-state index is -0.222. The van der Waals surface area contributed by atoms with Crippen LogP contribution in [0.25, 0.3) is 0 Å². The molecule has 0 aromatic rings. The molecule has 0 amide bonds. The maximum Gasteiger partial charge on any atom is 0.113 e. The Morgan fingerprint density at radius 2 is 2.08 bits per heavy atom. The van der Waals surface area contributed by atoms with E-state index in [9.17, 15) is 0 Å². The minimum Gasteiger partial charge on any atom is -0.378 e. The summed E-state index contributed by atoms with van der Waals surface area (Å²) in [5.74, 6) is 6.13. The molecule has 0 aromatic heterocycles. The maximum absolute atomic E-state index is 5.35. The molecule has 3 N–H and O–H groups in total. The van der Waals surface area contributed by atoms with Crippen molar-refractivity contribution in [2.45, 2.75) is 45.8 Å².